The minimum atomic E-state index is -0.378. The minimum Gasteiger partial charge on any atom is -0.489 e. The predicted molar refractivity (Wildman–Crippen MR) is 93.6 cm³/mol. The zero-order chi connectivity index (χ0) is 18.4. The molecule has 0 radical (unpaired) electrons. The number of ether oxygens (including phenoxy) is 1. The molecule has 6 nitrogen and oxygen atoms in total. The molecule has 0 aliphatic heterocycles. The molecule has 1 heterocycles. The molecule has 0 atom stereocenters. The van der Waals surface area contributed by atoms with Crippen LogP contribution in [0, 0.1) is 25.2 Å². The van der Waals surface area contributed by atoms with Gasteiger partial charge in [0.25, 0.3) is 5.91 Å². The molecule has 2 aromatic rings. The van der Waals surface area contributed by atoms with Crippen LogP contribution >= 0.6 is 0 Å². The van der Waals surface area contributed by atoms with Gasteiger partial charge in [0.1, 0.15) is 29.8 Å². The molecule has 0 saturated carbocycles. The average Bonchev–Trinajstić information content (AvgIpc) is 2.89. The van der Waals surface area contributed by atoms with Crippen LogP contribution in [-0.2, 0) is 11.4 Å². The summed E-state index contributed by atoms with van der Waals surface area (Å²) in [6, 6.07) is 9.07. The van der Waals surface area contributed by atoms with Crippen molar-refractivity contribution >= 4 is 12.0 Å². The number of nitrogens with one attached hydrogen (secondary N) is 1. The second-order valence-electron chi connectivity index (χ2n) is 5.96. The van der Waals surface area contributed by atoms with Gasteiger partial charge in [-0.05, 0) is 51.5 Å². The number of aromatic nitrogens is 1. The number of hydrogen-bond acceptors (Lipinski definition) is 5. The normalized spacial score (nSPS) is 11.3. The average molecular weight is 339 g/mol. The van der Waals surface area contributed by atoms with Crippen molar-refractivity contribution < 1.29 is 14.1 Å². The van der Waals surface area contributed by atoms with E-state index in [2.05, 4.69) is 10.5 Å². The number of carbonyl (C=O) groups excluding carboxylic acids is 1. The Morgan fingerprint density at radius 3 is 2.56 bits per heavy atom. The number of rotatable bonds is 6. The lowest BCUT2D eigenvalue weighted by Gasteiger charge is -2.08. The second-order valence-corrected chi connectivity index (χ2v) is 5.96. The first-order valence-corrected chi connectivity index (χ1v) is 7.98. The van der Waals surface area contributed by atoms with Crippen molar-refractivity contribution in [2.45, 2.75) is 40.3 Å². The van der Waals surface area contributed by atoms with E-state index in [1.807, 2.05) is 33.8 Å². The van der Waals surface area contributed by atoms with Crippen molar-refractivity contribution in [1.82, 2.24) is 10.5 Å². The Labute approximate surface area is 147 Å². The smallest absolute Gasteiger partial charge is 0.262 e. The van der Waals surface area contributed by atoms with Crippen molar-refractivity contribution in [1.29, 1.82) is 5.26 Å². The Hall–Kier alpha value is -3.07. The number of aryl methyl sites for hydroxylation is 2. The first-order valence-electron chi connectivity index (χ1n) is 7.98. The summed E-state index contributed by atoms with van der Waals surface area (Å²) in [7, 11) is 0. The fourth-order valence-corrected chi connectivity index (χ4v) is 2.18. The van der Waals surface area contributed by atoms with Gasteiger partial charge < -0.3 is 14.6 Å². The number of carbonyl (C=O) groups is 1. The van der Waals surface area contributed by atoms with E-state index in [1.165, 1.54) is 0 Å². The van der Waals surface area contributed by atoms with Gasteiger partial charge in [-0.3, -0.25) is 4.79 Å². The molecule has 1 aromatic heterocycles. The first-order chi connectivity index (χ1) is 11.9. The van der Waals surface area contributed by atoms with E-state index in [9.17, 15) is 4.79 Å². The number of nitriles is 1. The summed E-state index contributed by atoms with van der Waals surface area (Å²) in [4.78, 5) is 11.9. The summed E-state index contributed by atoms with van der Waals surface area (Å²) in [5.74, 6) is 1.05. The molecule has 1 N–H and O–H groups in total. The molecule has 0 aliphatic carbocycles. The van der Waals surface area contributed by atoms with Gasteiger partial charge >= 0.3 is 0 Å². The van der Waals surface area contributed by atoms with Gasteiger partial charge in [-0.25, -0.2) is 0 Å². The van der Waals surface area contributed by atoms with Crippen molar-refractivity contribution in [3.05, 3.63) is 52.4 Å². The number of amides is 1. The highest BCUT2D eigenvalue weighted by Crippen LogP contribution is 2.19. The summed E-state index contributed by atoms with van der Waals surface area (Å²) < 4.78 is 10.8. The predicted octanol–water partition coefficient (Wildman–Crippen LogP) is 3.30. The highest BCUT2D eigenvalue weighted by atomic mass is 16.5. The SMILES string of the molecule is Cc1noc(C)c1COc1ccc(/C=C(\C#N)C(=O)NC(C)C)cc1. The van der Waals surface area contributed by atoms with Crippen LogP contribution in [0.5, 0.6) is 5.75 Å². The monoisotopic (exact) mass is 339 g/mol. The fourth-order valence-electron chi connectivity index (χ4n) is 2.18. The van der Waals surface area contributed by atoms with Crippen LogP contribution in [0.1, 0.15) is 36.4 Å². The van der Waals surface area contributed by atoms with E-state index in [0.29, 0.717) is 12.4 Å². The highest BCUT2D eigenvalue weighted by Gasteiger charge is 2.11. The Kier molecular flexibility index (Phi) is 5.96. The van der Waals surface area contributed by atoms with Crippen molar-refractivity contribution in [3.63, 3.8) is 0 Å². The van der Waals surface area contributed by atoms with E-state index >= 15 is 0 Å². The van der Waals surface area contributed by atoms with Crippen LogP contribution in [0.15, 0.2) is 34.4 Å². The molecule has 0 unspecified atom stereocenters. The number of nitrogens with zero attached hydrogens (tertiary/aromatic N) is 2. The molecule has 0 fully saturated rings. The zero-order valence-corrected chi connectivity index (χ0v) is 14.8. The van der Waals surface area contributed by atoms with E-state index in [1.54, 1.807) is 30.3 Å². The molecule has 2 rings (SSSR count). The van der Waals surface area contributed by atoms with Gasteiger partial charge in [-0.15, -0.1) is 0 Å². The molecule has 1 amide bonds. The zero-order valence-electron chi connectivity index (χ0n) is 14.8. The minimum absolute atomic E-state index is 0.0237. The third-order valence-electron chi connectivity index (χ3n) is 3.54. The van der Waals surface area contributed by atoms with E-state index in [4.69, 9.17) is 14.5 Å². The quantitative estimate of drug-likeness (QED) is 0.644. The highest BCUT2D eigenvalue weighted by molar-refractivity contribution is 6.01. The summed E-state index contributed by atoms with van der Waals surface area (Å²) >= 11 is 0. The molecular weight excluding hydrogens is 318 g/mol. The van der Waals surface area contributed by atoms with Crippen LogP contribution in [0.3, 0.4) is 0 Å². The largest absolute Gasteiger partial charge is 0.489 e. The lowest BCUT2D eigenvalue weighted by molar-refractivity contribution is -0.117. The topological polar surface area (TPSA) is 88.2 Å². The van der Waals surface area contributed by atoms with Gasteiger partial charge in [0.15, 0.2) is 0 Å². The molecule has 6 heteroatoms. The Balaban J connectivity index is 2.05. The summed E-state index contributed by atoms with van der Waals surface area (Å²) in [6.07, 6.45) is 1.55. The molecular formula is C19H21N3O3. The second kappa shape index (κ2) is 8.15. The molecule has 0 aliphatic rings. The van der Waals surface area contributed by atoms with Gasteiger partial charge in [-0.2, -0.15) is 5.26 Å². The van der Waals surface area contributed by atoms with Crippen LogP contribution in [-0.4, -0.2) is 17.1 Å². The van der Waals surface area contributed by atoms with E-state index in [0.717, 1.165) is 22.6 Å². The first kappa shape index (κ1) is 18.3. The van der Waals surface area contributed by atoms with E-state index < -0.39 is 0 Å². The van der Waals surface area contributed by atoms with Crippen LogP contribution in [0.2, 0.25) is 0 Å². The van der Waals surface area contributed by atoms with Crippen LogP contribution in [0.4, 0.5) is 0 Å². The summed E-state index contributed by atoms with van der Waals surface area (Å²) in [5.41, 5.74) is 2.56. The maximum absolute atomic E-state index is 11.9. The molecule has 130 valence electrons. The van der Waals surface area contributed by atoms with Crippen molar-refractivity contribution in [2.24, 2.45) is 0 Å². The lowest BCUT2D eigenvalue weighted by atomic mass is 10.1. The molecule has 0 spiro atoms. The molecule has 25 heavy (non-hydrogen) atoms. The van der Waals surface area contributed by atoms with Crippen LogP contribution in [0.25, 0.3) is 6.08 Å². The van der Waals surface area contributed by atoms with Crippen molar-refractivity contribution in [2.75, 3.05) is 0 Å². The Morgan fingerprint density at radius 1 is 1.36 bits per heavy atom. The maximum atomic E-state index is 11.9. The maximum Gasteiger partial charge on any atom is 0.262 e. The molecule has 1 aromatic carbocycles. The Morgan fingerprint density at radius 2 is 2.04 bits per heavy atom. The third kappa shape index (κ3) is 4.95. The molecule has 0 saturated heterocycles. The lowest BCUT2D eigenvalue weighted by Crippen LogP contribution is -2.30. The fraction of sp³-hybridized carbons (Fsp3) is 0.316. The number of benzene rings is 1. The third-order valence-corrected chi connectivity index (χ3v) is 3.54. The number of hydrogen-bond donors (Lipinski definition) is 1. The van der Waals surface area contributed by atoms with Gasteiger partial charge in [0.05, 0.1) is 11.3 Å². The van der Waals surface area contributed by atoms with Crippen molar-refractivity contribution in [3.8, 4) is 11.8 Å². The summed E-state index contributed by atoms with van der Waals surface area (Å²) in [5, 5.41) is 15.7. The van der Waals surface area contributed by atoms with E-state index in [-0.39, 0.29) is 17.5 Å². The molecule has 0 bridgehead atoms. The van der Waals surface area contributed by atoms with Crippen LogP contribution < -0.4 is 10.1 Å². The standard InChI is InChI=1S/C19H21N3O3/c1-12(2)21-19(23)16(10-20)9-15-5-7-17(8-6-15)24-11-18-13(3)22-25-14(18)4/h5-9,12H,11H2,1-4H3,(H,21,23)/b16-9+. The van der Waals surface area contributed by atoms with Gasteiger partial charge in [-0.1, -0.05) is 17.3 Å². The van der Waals surface area contributed by atoms with Gasteiger partial charge in [0, 0.05) is 6.04 Å². The Bertz CT molecular complexity index is 792. The van der Waals surface area contributed by atoms with Gasteiger partial charge in [0.2, 0.25) is 0 Å². The summed E-state index contributed by atoms with van der Waals surface area (Å²) in [6.45, 7) is 7.78.